The van der Waals surface area contributed by atoms with Crippen LogP contribution in [0.15, 0.2) is 65.5 Å². The molecule has 0 aliphatic carbocycles. The van der Waals surface area contributed by atoms with Crippen LogP contribution in [0, 0.1) is 4.91 Å². The Labute approximate surface area is 126 Å². The fourth-order valence-corrected chi connectivity index (χ4v) is 1.97. The fraction of sp³-hybridized carbons (Fsp3) is 0.0588. The van der Waals surface area contributed by atoms with E-state index in [-0.39, 0.29) is 11.3 Å². The Morgan fingerprint density at radius 2 is 1.50 bits per heavy atom. The number of aliphatic hydroxyl groups excluding tert-OH is 1. The lowest BCUT2D eigenvalue weighted by molar-refractivity contribution is -0.113. The van der Waals surface area contributed by atoms with E-state index in [4.69, 9.17) is 0 Å². The van der Waals surface area contributed by atoms with Gasteiger partial charge in [-0.25, -0.2) is 0 Å². The van der Waals surface area contributed by atoms with Gasteiger partial charge in [0, 0.05) is 23.6 Å². The normalized spacial score (nSPS) is 11.5. The first kappa shape index (κ1) is 15.3. The van der Waals surface area contributed by atoms with E-state index in [9.17, 15) is 19.6 Å². The van der Waals surface area contributed by atoms with Crippen molar-refractivity contribution < 1.29 is 14.7 Å². The summed E-state index contributed by atoms with van der Waals surface area (Å²) < 4.78 is 0. The fourth-order valence-electron chi connectivity index (χ4n) is 1.97. The second-order valence-electron chi connectivity index (χ2n) is 4.62. The van der Waals surface area contributed by atoms with Crippen molar-refractivity contribution in [1.29, 1.82) is 0 Å². The zero-order valence-corrected chi connectivity index (χ0v) is 11.8. The van der Waals surface area contributed by atoms with Crippen LogP contribution in [0.3, 0.4) is 0 Å². The standard InChI is InChI=1S/C17H13NO4/c1-11(19)15(18-22)17(21)14-9-5-8-13(10-14)16(20)12-6-3-2-4-7-12/h2-10,21H,1H3/b17-15+. The SMILES string of the molecule is CC(=O)/C(N=O)=C(\O)c1cccc(C(=O)c2ccccc2)c1. The van der Waals surface area contributed by atoms with Crippen molar-refractivity contribution in [3.05, 3.63) is 81.9 Å². The van der Waals surface area contributed by atoms with E-state index in [0.717, 1.165) is 6.92 Å². The zero-order chi connectivity index (χ0) is 16.1. The topological polar surface area (TPSA) is 83.8 Å². The first-order chi connectivity index (χ1) is 10.5. The van der Waals surface area contributed by atoms with Gasteiger partial charge in [0.15, 0.2) is 23.0 Å². The quantitative estimate of drug-likeness (QED) is 0.396. The number of hydrogen-bond acceptors (Lipinski definition) is 5. The van der Waals surface area contributed by atoms with Crippen LogP contribution < -0.4 is 0 Å². The lowest BCUT2D eigenvalue weighted by Crippen LogP contribution is -2.03. The lowest BCUT2D eigenvalue weighted by Gasteiger charge is -2.05. The van der Waals surface area contributed by atoms with E-state index in [2.05, 4.69) is 5.18 Å². The van der Waals surface area contributed by atoms with Crippen molar-refractivity contribution >= 4 is 17.3 Å². The molecule has 110 valence electrons. The molecule has 5 heteroatoms. The summed E-state index contributed by atoms with van der Waals surface area (Å²) in [5.41, 5.74) is 0.461. The molecule has 22 heavy (non-hydrogen) atoms. The third kappa shape index (κ3) is 3.15. The second-order valence-corrected chi connectivity index (χ2v) is 4.62. The highest BCUT2D eigenvalue weighted by molar-refractivity contribution is 6.09. The number of nitrogens with zero attached hydrogens (tertiary/aromatic N) is 1. The average Bonchev–Trinajstić information content (AvgIpc) is 2.55. The monoisotopic (exact) mass is 295 g/mol. The number of nitroso groups, excluding NO2 is 1. The van der Waals surface area contributed by atoms with E-state index < -0.39 is 17.2 Å². The van der Waals surface area contributed by atoms with Gasteiger partial charge >= 0.3 is 0 Å². The summed E-state index contributed by atoms with van der Waals surface area (Å²) in [6, 6.07) is 14.7. The van der Waals surface area contributed by atoms with Crippen LogP contribution in [0.4, 0.5) is 0 Å². The molecule has 0 aliphatic heterocycles. The van der Waals surface area contributed by atoms with Gasteiger partial charge in [-0.1, -0.05) is 48.5 Å². The maximum atomic E-state index is 12.3. The largest absolute Gasteiger partial charge is 0.505 e. The molecular weight excluding hydrogens is 282 g/mol. The summed E-state index contributed by atoms with van der Waals surface area (Å²) in [6.45, 7) is 1.13. The van der Waals surface area contributed by atoms with Crippen molar-refractivity contribution in [2.45, 2.75) is 6.92 Å². The Hall–Kier alpha value is -3.08. The van der Waals surface area contributed by atoms with Crippen LogP contribution in [0.2, 0.25) is 0 Å². The molecule has 5 nitrogen and oxygen atoms in total. The molecule has 0 radical (unpaired) electrons. The van der Waals surface area contributed by atoms with Gasteiger partial charge < -0.3 is 5.11 Å². The summed E-state index contributed by atoms with van der Waals surface area (Å²) in [4.78, 5) is 34.2. The summed E-state index contributed by atoms with van der Waals surface area (Å²) in [5, 5.41) is 12.5. The minimum absolute atomic E-state index is 0.187. The number of hydrogen-bond donors (Lipinski definition) is 1. The van der Waals surface area contributed by atoms with Crippen molar-refractivity contribution in [2.75, 3.05) is 0 Å². The van der Waals surface area contributed by atoms with E-state index in [1.165, 1.54) is 12.1 Å². The van der Waals surface area contributed by atoms with E-state index in [1.54, 1.807) is 42.5 Å². The van der Waals surface area contributed by atoms with Crippen LogP contribution >= 0.6 is 0 Å². The van der Waals surface area contributed by atoms with Crippen molar-refractivity contribution in [2.24, 2.45) is 5.18 Å². The van der Waals surface area contributed by atoms with Gasteiger partial charge in [-0.05, 0) is 11.2 Å². The average molecular weight is 295 g/mol. The molecule has 0 spiro atoms. The molecule has 0 atom stereocenters. The number of rotatable bonds is 5. The highest BCUT2D eigenvalue weighted by Crippen LogP contribution is 2.20. The highest BCUT2D eigenvalue weighted by atomic mass is 16.3. The second kappa shape index (κ2) is 6.58. The van der Waals surface area contributed by atoms with E-state index in [1.807, 2.05) is 0 Å². The Morgan fingerprint density at radius 3 is 2.09 bits per heavy atom. The molecule has 0 heterocycles. The molecule has 0 aromatic heterocycles. The van der Waals surface area contributed by atoms with Crippen molar-refractivity contribution in [1.82, 2.24) is 0 Å². The number of benzene rings is 2. The molecule has 2 rings (SSSR count). The van der Waals surface area contributed by atoms with Crippen LogP contribution in [-0.2, 0) is 4.79 Å². The van der Waals surface area contributed by atoms with Crippen molar-refractivity contribution in [3.63, 3.8) is 0 Å². The van der Waals surface area contributed by atoms with E-state index in [0.29, 0.717) is 11.1 Å². The Kier molecular flexibility index (Phi) is 4.58. The summed E-state index contributed by atoms with van der Waals surface area (Å²) >= 11 is 0. The van der Waals surface area contributed by atoms with Gasteiger partial charge in [0.05, 0.1) is 0 Å². The number of carbonyl (C=O) groups is 2. The number of Topliss-reactive ketones (excluding diaryl/α,β-unsaturated/α-hetero) is 1. The van der Waals surface area contributed by atoms with Gasteiger partial charge in [0.2, 0.25) is 0 Å². The van der Waals surface area contributed by atoms with Crippen LogP contribution in [0.5, 0.6) is 0 Å². The molecule has 1 N–H and O–H groups in total. The maximum absolute atomic E-state index is 12.3. The predicted molar refractivity (Wildman–Crippen MR) is 82.3 cm³/mol. The van der Waals surface area contributed by atoms with E-state index >= 15 is 0 Å². The first-order valence-electron chi connectivity index (χ1n) is 6.52. The summed E-state index contributed by atoms with van der Waals surface area (Å²) in [7, 11) is 0. The molecule has 0 fully saturated rings. The molecule has 0 saturated carbocycles. The molecule has 2 aromatic rings. The number of aliphatic hydroxyl groups is 1. The molecule has 2 aromatic carbocycles. The lowest BCUT2D eigenvalue weighted by atomic mass is 10.00. The highest BCUT2D eigenvalue weighted by Gasteiger charge is 2.16. The van der Waals surface area contributed by atoms with Crippen molar-refractivity contribution in [3.8, 4) is 0 Å². The molecule has 0 saturated heterocycles. The zero-order valence-electron chi connectivity index (χ0n) is 11.8. The molecule has 0 amide bonds. The van der Waals surface area contributed by atoms with Gasteiger partial charge in [0.25, 0.3) is 0 Å². The third-order valence-corrected chi connectivity index (χ3v) is 3.08. The first-order valence-corrected chi connectivity index (χ1v) is 6.52. The third-order valence-electron chi connectivity index (χ3n) is 3.08. The number of carbonyl (C=O) groups excluding carboxylic acids is 2. The summed E-state index contributed by atoms with van der Waals surface area (Å²) in [5.74, 6) is -1.41. The van der Waals surface area contributed by atoms with Crippen LogP contribution in [0.1, 0.15) is 28.4 Å². The summed E-state index contributed by atoms with van der Waals surface area (Å²) in [6.07, 6.45) is 0. The van der Waals surface area contributed by atoms with Crippen LogP contribution in [-0.4, -0.2) is 16.7 Å². The Morgan fingerprint density at radius 1 is 0.909 bits per heavy atom. The van der Waals surface area contributed by atoms with Gasteiger partial charge in [-0.2, -0.15) is 0 Å². The molecule has 0 bridgehead atoms. The molecule has 0 aliphatic rings. The Bertz CT molecular complexity index is 763. The van der Waals surface area contributed by atoms with Gasteiger partial charge in [-0.3, -0.25) is 9.59 Å². The minimum atomic E-state index is -0.646. The number of ketones is 2. The van der Waals surface area contributed by atoms with Crippen LogP contribution in [0.25, 0.3) is 5.76 Å². The predicted octanol–water partition coefficient (Wildman–Crippen LogP) is 3.50. The minimum Gasteiger partial charge on any atom is -0.505 e. The Balaban J connectivity index is 2.45. The molecule has 0 unspecified atom stereocenters. The maximum Gasteiger partial charge on any atom is 0.193 e. The van der Waals surface area contributed by atoms with Gasteiger partial charge in [0.1, 0.15) is 0 Å². The molecular formula is C17H13NO4. The number of allylic oxidation sites excluding steroid dienone is 1. The smallest absolute Gasteiger partial charge is 0.193 e. The van der Waals surface area contributed by atoms with Gasteiger partial charge in [-0.15, -0.1) is 4.91 Å².